The highest BCUT2D eigenvalue weighted by atomic mass is 19.1. The lowest BCUT2D eigenvalue weighted by Gasteiger charge is -2.07. The number of halogens is 1. The van der Waals surface area contributed by atoms with Crippen molar-refractivity contribution in [2.75, 3.05) is 0 Å². The predicted molar refractivity (Wildman–Crippen MR) is 96.0 cm³/mol. The van der Waals surface area contributed by atoms with Crippen LogP contribution in [-0.2, 0) is 6.54 Å². The van der Waals surface area contributed by atoms with Crippen molar-refractivity contribution in [2.45, 2.75) is 6.54 Å². The number of nitrogens with zero attached hydrogens (tertiary/aromatic N) is 3. The van der Waals surface area contributed by atoms with E-state index in [1.54, 1.807) is 30.3 Å². The van der Waals surface area contributed by atoms with Crippen LogP contribution in [-0.4, -0.2) is 20.5 Å². The van der Waals surface area contributed by atoms with E-state index in [2.05, 4.69) is 15.5 Å². The fourth-order valence-electron chi connectivity index (χ4n) is 2.73. The van der Waals surface area contributed by atoms with Crippen LogP contribution in [0.25, 0.3) is 17.0 Å². The molecule has 4 rings (SSSR count). The van der Waals surface area contributed by atoms with Crippen molar-refractivity contribution in [1.29, 1.82) is 0 Å². The Hall–Kier alpha value is -3.54. The van der Waals surface area contributed by atoms with E-state index in [1.807, 2.05) is 40.9 Å². The first kappa shape index (κ1) is 16.0. The molecular weight excluding hydrogens is 331 g/mol. The number of hydrogen-bond donors (Lipinski definition) is 1. The van der Waals surface area contributed by atoms with Gasteiger partial charge in [-0.1, -0.05) is 36.4 Å². The SMILES string of the molecule is O=C(NCc1ccccc1F)c1ccc(-c2nnc3ccccn23)cc1. The van der Waals surface area contributed by atoms with Crippen LogP contribution in [0.2, 0.25) is 0 Å². The molecule has 0 unspecified atom stereocenters. The smallest absolute Gasteiger partial charge is 0.251 e. The topological polar surface area (TPSA) is 59.3 Å². The highest BCUT2D eigenvalue weighted by molar-refractivity contribution is 5.94. The Kier molecular flexibility index (Phi) is 4.15. The van der Waals surface area contributed by atoms with Crippen molar-refractivity contribution in [1.82, 2.24) is 19.9 Å². The largest absolute Gasteiger partial charge is 0.348 e. The Morgan fingerprint density at radius 1 is 0.962 bits per heavy atom. The number of benzene rings is 2. The summed E-state index contributed by atoms with van der Waals surface area (Å²) >= 11 is 0. The molecule has 0 atom stereocenters. The average Bonchev–Trinajstić information content (AvgIpc) is 3.11. The average molecular weight is 346 g/mol. The van der Waals surface area contributed by atoms with Crippen molar-refractivity contribution in [3.8, 4) is 11.4 Å². The van der Waals surface area contributed by atoms with E-state index in [9.17, 15) is 9.18 Å². The Labute approximate surface area is 149 Å². The normalized spacial score (nSPS) is 10.8. The van der Waals surface area contributed by atoms with Crippen molar-refractivity contribution in [3.05, 3.63) is 89.9 Å². The zero-order valence-electron chi connectivity index (χ0n) is 13.8. The van der Waals surface area contributed by atoms with Crippen LogP contribution in [0.1, 0.15) is 15.9 Å². The summed E-state index contributed by atoms with van der Waals surface area (Å²) in [4.78, 5) is 12.3. The number of nitrogens with one attached hydrogen (secondary N) is 1. The summed E-state index contributed by atoms with van der Waals surface area (Å²) in [6.45, 7) is 0.141. The van der Waals surface area contributed by atoms with Crippen molar-refractivity contribution in [3.63, 3.8) is 0 Å². The third kappa shape index (κ3) is 3.04. The summed E-state index contributed by atoms with van der Waals surface area (Å²) in [5.74, 6) is 0.117. The summed E-state index contributed by atoms with van der Waals surface area (Å²) < 4.78 is 15.5. The molecule has 6 heteroatoms. The van der Waals surface area contributed by atoms with Gasteiger partial charge >= 0.3 is 0 Å². The number of amides is 1. The molecule has 0 aliphatic carbocycles. The van der Waals surface area contributed by atoms with E-state index >= 15 is 0 Å². The minimum atomic E-state index is -0.332. The third-order valence-corrected chi connectivity index (χ3v) is 4.12. The van der Waals surface area contributed by atoms with E-state index in [4.69, 9.17) is 0 Å². The van der Waals surface area contributed by atoms with Gasteiger partial charge in [0, 0.05) is 29.4 Å². The molecule has 0 aliphatic rings. The Balaban J connectivity index is 1.50. The fourth-order valence-corrected chi connectivity index (χ4v) is 2.73. The van der Waals surface area contributed by atoms with Gasteiger partial charge in [0.15, 0.2) is 11.5 Å². The fraction of sp³-hybridized carbons (Fsp3) is 0.0500. The number of carbonyl (C=O) groups excluding carboxylic acids is 1. The number of pyridine rings is 1. The molecule has 2 heterocycles. The Morgan fingerprint density at radius 3 is 2.54 bits per heavy atom. The van der Waals surface area contributed by atoms with Crippen LogP contribution in [0.3, 0.4) is 0 Å². The van der Waals surface area contributed by atoms with Gasteiger partial charge in [-0.2, -0.15) is 0 Å². The second-order valence-corrected chi connectivity index (χ2v) is 5.80. The zero-order valence-corrected chi connectivity index (χ0v) is 13.8. The van der Waals surface area contributed by atoms with Crippen LogP contribution in [0.4, 0.5) is 4.39 Å². The maximum absolute atomic E-state index is 13.6. The molecule has 2 aromatic carbocycles. The number of fused-ring (bicyclic) bond motifs is 1. The molecule has 0 bridgehead atoms. The number of rotatable bonds is 4. The van der Waals surface area contributed by atoms with Gasteiger partial charge in [0.1, 0.15) is 5.82 Å². The summed E-state index contributed by atoms with van der Waals surface area (Å²) in [7, 11) is 0. The van der Waals surface area contributed by atoms with Gasteiger partial charge in [-0.15, -0.1) is 10.2 Å². The minimum Gasteiger partial charge on any atom is -0.348 e. The van der Waals surface area contributed by atoms with Gasteiger partial charge in [0.05, 0.1) is 0 Å². The highest BCUT2D eigenvalue weighted by Gasteiger charge is 2.10. The van der Waals surface area contributed by atoms with Crippen LogP contribution in [0.15, 0.2) is 72.9 Å². The van der Waals surface area contributed by atoms with Gasteiger partial charge in [-0.05, 0) is 30.3 Å². The van der Waals surface area contributed by atoms with Crippen LogP contribution < -0.4 is 5.32 Å². The third-order valence-electron chi connectivity index (χ3n) is 4.12. The zero-order chi connectivity index (χ0) is 17.9. The molecular formula is C20H15FN4O. The molecule has 0 fully saturated rings. The molecule has 0 saturated carbocycles. The first-order valence-electron chi connectivity index (χ1n) is 8.14. The molecule has 1 amide bonds. The van der Waals surface area contributed by atoms with Gasteiger partial charge < -0.3 is 5.32 Å². The van der Waals surface area contributed by atoms with E-state index in [-0.39, 0.29) is 18.3 Å². The molecule has 0 aliphatic heterocycles. The minimum absolute atomic E-state index is 0.141. The summed E-state index contributed by atoms with van der Waals surface area (Å²) in [6.07, 6.45) is 1.89. The lowest BCUT2D eigenvalue weighted by atomic mass is 10.1. The lowest BCUT2D eigenvalue weighted by Crippen LogP contribution is -2.23. The van der Waals surface area contributed by atoms with Gasteiger partial charge in [0.25, 0.3) is 5.91 Å². The number of hydrogen-bond acceptors (Lipinski definition) is 3. The van der Waals surface area contributed by atoms with Crippen molar-refractivity contribution < 1.29 is 9.18 Å². The van der Waals surface area contributed by atoms with E-state index in [0.717, 1.165) is 11.2 Å². The van der Waals surface area contributed by atoms with E-state index < -0.39 is 0 Å². The first-order chi connectivity index (χ1) is 12.7. The first-order valence-corrected chi connectivity index (χ1v) is 8.14. The van der Waals surface area contributed by atoms with E-state index in [1.165, 1.54) is 6.07 Å². The molecule has 2 aromatic heterocycles. The molecule has 0 radical (unpaired) electrons. The molecule has 5 nitrogen and oxygen atoms in total. The maximum atomic E-state index is 13.6. The number of aromatic nitrogens is 3. The predicted octanol–water partition coefficient (Wildman–Crippen LogP) is 3.47. The molecule has 1 N–H and O–H groups in total. The van der Waals surface area contributed by atoms with Crippen LogP contribution in [0, 0.1) is 5.82 Å². The molecule has 0 saturated heterocycles. The second kappa shape index (κ2) is 6.76. The summed E-state index contributed by atoms with van der Waals surface area (Å²) in [6, 6.07) is 19.1. The van der Waals surface area contributed by atoms with E-state index in [0.29, 0.717) is 17.0 Å². The highest BCUT2D eigenvalue weighted by Crippen LogP contribution is 2.19. The monoisotopic (exact) mass is 346 g/mol. The van der Waals surface area contributed by atoms with Crippen molar-refractivity contribution >= 4 is 11.6 Å². The van der Waals surface area contributed by atoms with Gasteiger partial charge in [0.2, 0.25) is 0 Å². The Morgan fingerprint density at radius 2 is 1.73 bits per heavy atom. The quantitative estimate of drug-likeness (QED) is 0.616. The Bertz CT molecular complexity index is 1070. The van der Waals surface area contributed by atoms with Crippen LogP contribution >= 0.6 is 0 Å². The van der Waals surface area contributed by atoms with Gasteiger partial charge in [-0.3, -0.25) is 9.20 Å². The lowest BCUT2D eigenvalue weighted by molar-refractivity contribution is 0.0950. The summed E-state index contributed by atoms with van der Waals surface area (Å²) in [5, 5.41) is 11.0. The van der Waals surface area contributed by atoms with Gasteiger partial charge in [-0.25, -0.2) is 4.39 Å². The molecule has 4 aromatic rings. The molecule has 0 spiro atoms. The van der Waals surface area contributed by atoms with Crippen LogP contribution in [0.5, 0.6) is 0 Å². The second-order valence-electron chi connectivity index (χ2n) is 5.80. The standard InChI is InChI=1S/C20H15FN4O/c21-17-6-2-1-5-16(17)13-22-20(26)15-10-8-14(9-11-15)19-24-23-18-7-3-4-12-25(18)19/h1-12H,13H2,(H,22,26). The maximum Gasteiger partial charge on any atom is 0.251 e. The van der Waals surface area contributed by atoms with Crippen molar-refractivity contribution in [2.24, 2.45) is 0 Å². The molecule has 26 heavy (non-hydrogen) atoms. The molecule has 128 valence electrons. The number of carbonyl (C=O) groups is 1. The summed E-state index contributed by atoms with van der Waals surface area (Å²) in [5.41, 5.74) is 2.56.